The maximum absolute atomic E-state index is 13.3. The van der Waals surface area contributed by atoms with Gasteiger partial charge in [0.05, 0.1) is 5.56 Å². The number of amides is 1. The Kier molecular flexibility index (Phi) is 5.22. The number of nitrogens with zero attached hydrogens (tertiary/aromatic N) is 2. The molecule has 0 saturated heterocycles. The van der Waals surface area contributed by atoms with Crippen molar-refractivity contribution in [1.29, 1.82) is 0 Å². The van der Waals surface area contributed by atoms with Gasteiger partial charge in [-0.3, -0.25) is 4.79 Å². The van der Waals surface area contributed by atoms with E-state index in [1.807, 2.05) is 37.3 Å². The number of nitrogens with one attached hydrogen (secondary N) is 1. The van der Waals surface area contributed by atoms with E-state index in [0.29, 0.717) is 23.6 Å². The van der Waals surface area contributed by atoms with Gasteiger partial charge in [0.2, 0.25) is 0 Å². The van der Waals surface area contributed by atoms with Crippen LogP contribution in [0.15, 0.2) is 66.9 Å². The fraction of sp³-hybridized carbons (Fsp3) is 0.100. The highest BCUT2D eigenvalue weighted by Gasteiger charge is 2.16. The summed E-state index contributed by atoms with van der Waals surface area (Å²) in [5.74, 6) is -1.59. The Morgan fingerprint density at radius 3 is 2.42 bits per heavy atom. The van der Waals surface area contributed by atoms with Crippen LogP contribution in [0.1, 0.15) is 17.3 Å². The number of hydrogen-bond donors (Lipinski definition) is 1. The van der Waals surface area contributed by atoms with Crippen LogP contribution in [0.25, 0.3) is 0 Å². The molecule has 0 unspecified atom stereocenters. The summed E-state index contributed by atoms with van der Waals surface area (Å²) in [5, 5.41) is 2.87. The monoisotopic (exact) mass is 353 g/mol. The molecule has 0 atom stereocenters. The third-order valence-electron chi connectivity index (χ3n) is 3.83. The highest BCUT2D eigenvalue weighted by molar-refractivity contribution is 6.05. The molecule has 4 nitrogen and oxygen atoms in total. The van der Waals surface area contributed by atoms with E-state index in [1.54, 1.807) is 17.0 Å². The number of aromatic nitrogens is 1. The summed E-state index contributed by atoms with van der Waals surface area (Å²) >= 11 is 0. The number of carbonyl (C=O) groups is 1. The summed E-state index contributed by atoms with van der Waals surface area (Å²) in [4.78, 5) is 18.5. The molecule has 1 amide bonds. The first-order chi connectivity index (χ1) is 12.6. The number of rotatable bonds is 5. The van der Waals surface area contributed by atoms with Gasteiger partial charge in [-0.1, -0.05) is 18.2 Å². The van der Waals surface area contributed by atoms with Crippen LogP contribution >= 0.6 is 0 Å². The van der Waals surface area contributed by atoms with Crippen molar-refractivity contribution in [3.63, 3.8) is 0 Å². The van der Waals surface area contributed by atoms with Gasteiger partial charge in [-0.15, -0.1) is 0 Å². The predicted octanol–water partition coefficient (Wildman–Crippen LogP) is 4.77. The third-order valence-corrected chi connectivity index (χ3v) is 3.83. The maximum Gasteiger partial charge on any atom is 0.259 e. The molecule has 0 spiro atoms. The predicted molar refractivity (Wildman–Crippen MR) is 97.7 cm³/mol. The topological polar surface area (TPSA) is 45.2 Å². The molecule has 0 radical (unpaired) electrons. The van der Waals surface area contributed by atoms with Gasteiger partial charge in [-0.25, -0.2) is 13.8 Å². The van der Waals surface area contributed by atoms with E-state index in [-0.39, 0.29) is 5.91 Å². The number of anilines is 3. The molecule has 132 valence electrons. The Bertz CT molecular complexity index is 899. The zero-order valence-electron chi connectivity index (χ0n) is 14.1. The van der Waals surface area contributed by atoms with E-state index in [9.17, 15) is 13.6 Å². The van der Waals surface area contributed by atoms with E-state index >= 15 is 0 Å². The van der Waals surface area contributed by atoms with Crippen LogP contribution in [0.2, 0.25) is 0 Å². The SMILES string of the molecule is CCN(C(=O)c1ccc(Nc2ccc(F)c(F)c2)nc1)c1ccccc1. The molecular weight excluding hydrogens is 336 g/mol. The molecule has 0 saturated carbocycles. The standard InChI is InChI=1S/C20H17F2N3O/c1-2-25(16-6-4-3-5-7-16)20(26)14-8-11-19(23-13-14)24-15-9-10-17(21)18(22)12-15/h3-13H,2H2,1H3,(H,23,24). The summed E-state index contributed by atoms with van der Waals surface area (Å²) in [6.45, 7) is 2.43. The van der Waals surface area contributed by atoms with Gasteiger partial charge in [0.25, 0.3) is 5.91 Å². The summed E-state index contributed by atoms with van der Waals surface area (Å²) < 4.78 is 26.2. The Morgan fingerprint density at radius 1 is 1.04 bits per heavy atom. The smallest absolute Gasteiger partial charge is 0.259 e. The molecule has 0 aliphatic rings. The molecule has 0 aliphatic heterocycles. The lowest BCUT2D eigenvalue weighted by molar-refractivity contribution is 0.0988. The molecule has 1 N–H and O–H groups in total. The third kappa shape index (κ3) is 3.85. The van der Waals surface area contributed by atoms with Crippen LogP contribution in [0.5, 0.6) is 0 Å². The van der Waals surface area contributed by atoms with Gasteiger partial charge in [-0.2, -0.15) is 0 Å². The molecule has 1 aromatic heterocycles. The highest BCUT2D eigenvalue weighted by Crippen LogP contribution is 2.20. The van der Waals surface area contributed by atoms with Crippen molar-refractivity contribution in [3.05, 3.63) is 84.1 Å². The van der Waals surface area contributed by atoms with E-state index in [0.717, 1.165) is 17.8 Å². The van der Waals surface area contributed by atoms with E-state index in [2.05, 4.69) is 10.3 Å². The van der Waals surface area contributed by atoms with Crippen molar-refractivity contribution in [1.82, 2.24) is 4.98 Å². The van der Waals surface area contributed by atoms with Crippen LogP contribution in [0.3, 0.4) is 0 Å². The number of halogens is 2. The Morgan fingerprint density at radius 2 is 1.81 bits per heavy atom. The van der Waals surface area contributed by atoms with Crippen molar-refractivity contribution in [2.24, 2.45) is 0 Å². The van der Waals surface area contributed by atoms with Gasteiger partial charge >= 0.3 is 0 Å². The Balaban J connectivity index is 1.76. The van der Waals surface area contributed by atoms with Gasteiger partial charge in [0.1, 0.15) is 5.82 Å². The second-order valence-electron chi connectivity index (χ2n) is 5.57. The lowest BCUT2D eigenvalue weighted by Gasteiger charge is -2.21. The Hall–Kier alpha value is -3.28. The fourth-order valence-corrected chi connectivity index (χ4v) is 2.52. The van der Waals surface area contributed by atoms with E-state index in [1.165, 1.54) is 12.3 Å². The lowest BCUT2D eigenvalue weighted by atomic mass is 10.2. The largest absolute Gasteiger partial charge is 0.340 e. The molecule has 0 aliphatic carbocycles. The molecule has 0 fully saturated rings. The minimum Gasteiger partial charge on any atom is -0.340 e. The molecule has 6 heteroatoms. The van der Waals surface area contributed by atoms with Crippen LogP contribution in [-0.2, 0) is 0 Å². The van der Waals surface area contributed by atoms with Crippen molar-refractivity contribution < 1.29 is 13.6 Å². The zero-order chi connectivity index (χ0) is 18.5. The number of hydrogen-bond acceptors (Lipinski definition) is 3. The molecule has 3 rings (SSSR count). The van der Waals surface area contributed by atoms with E-state index < -0.39 is 11.6 Å². The van der Waals surface area contributed by atoms with Gasteiger partial charge in [0, 0.05) is 30.2 Å². The van der Waals surface area contributed by atoms with Gasteiger partial charge < -0.3 is 10.2 Å². The summed E-state index contributed by atoms with van der Waals surface area (Å²) in [7, 11) is 0. The molecule has 1 heterocycles. The number of carbonyl (C=O) groups excluding carboxylic acids is 1. The van der Waals surface area contributed by atoms with Crippen molar-refractivity contribution in [2.75, 3.05) is 16.8 Å². The molecular formula is C20H17F2N3O. The first-order valence-corrected chi connectivity index (χ1v) is 8.13. The fourth-order valence-electron chi connectivity index (χ4n) is 2.52. The number of para-hydroxylation sites is 1. The zero-order valence-corrected chi connectivity index (χ0v) is 14.1. The van der Waals surface area contributed by atoms with Gasteiger partial charge in [0.15, 0.2) is 11.6 Å². The summed E-state index contributed by atoms with van der Waals surface area (Å²) in [5.41, 5.74) is 1.62. The summed E-state index contributed by atoms with van der Waals surface area (Å²) in [6, 6.07) is 16.1. The number of pyridine rings is 1. The molecule has 3 aromatic rings. The second kappa shape index (κ2) is 7.74. The quantitative estimate of drug-likeness (QED) is 0.719. The van der Waals surface area contributed by atoms with Crippen molar-refractivity contribution in [2.45, 2.75) is 6.92 Å². The highest BCUT2D eigenvalue weighted by atomic mass is 19.2. The van der Waals surface area contributed by atoms with Crippen molar-refractivity contribution >= 4 is 23.1 Å². The van der Waals surface area contributed by atoms with Crippen LogP contribution in [0, 0.1) is 11.6 Å². The first kappa shape index (κ1) is 17.5. The van der Waals surface area contributed by atoms with Crippen LogP contribution in [-0.4, -0.2) is 17.4 Å². The minimum atomic E-state index is -0.941. The second-order valence-corrected chi connectivity index (χ2v) is 5.57. The first-order valence-electron chi connectivity index (χ1n) is 8.13. The van der Waals surface area contributed by atoms with Crippen LogP contribution < -0.4 is 10.2 Å². The maximum atomic E-state index is 13.3. The van der Waals surface area contributed by atoms with Crippen LogP contribution in [0.4, 0.5) is 26.0 Å². The summed E-state index contributed by atoms with van der Waals surface area (Å²) in [6.07, 6.45) is 1.45. The Labute approximate surface area is 150 Å². The molecule has 2 aromatic carbocycles. The minimum absolute atomic E-state index is 0.162. The van der Waals surface area contributed by atoms with E-state index in [4.69, 9.17) is 0 Å². The normalized spacial score (nSPS) is 10.4. The average Bonchev–Trinajstić information content (AvgIpc) is 2.67. The average molecular weight is 353 g/mol. The van der Waals surface area contributed by atoms with Crippen molar-refractivity contribution in [3.8, 4) is 0 Å². The number of benzene rings is 2. The lowest BCUT2D eigenvalue weighted by Crippen LogP contribution is -2.30. The van der Waals surface area contributed by atoms with Gasteiger partial charge in [-0.05, 0) is 43.3 Å². The molecule has 26 heavy (non-hydrogen) atoms. The molecule has 0 bridgehead atoms.